The summed E-state index contributed by atoms with van der Waals surface area (Å²) in [6.07, 6.45) is 3.06. The molecule has 0 unspecified atom stereocenters. The molecule has 2 heteroatoms. The molecule has 0 saturated carbocycles. The van der Waals surface area contributed by atoms with Crippen molar-refractivity contribution in [2.24, 2.45) is 5.92 Å². The van der Waals surface area contributed by atoms with Crippen LogP contribution in [0.1, 0.15) is 32.9 Å². The maximum absolute atomic E-state index is 4.27. The predicted molar refractivity (Wildman–Crippen MR) is 60.0 cm³/mol. The van der Waals surface area contributed by atoms with Crippen LogP contribution in [0.15, 0.2) is 24.4 Å². The fourth-order valence-electron chi connectivity index (χ4n) is 1.32. The molecule has 0 aliphatic carbocycles. The van der Waals surface area contributed by atoms with Crippen LogP contribution in [-0.4, -0.2) is 11.0 Å². The molecule has 0 spiro atoms. The minimum absolute atomic E-state index is 0.557. The summed E-state index contributed by atoms with van der Waals surface area (Å²) in [5.74, 6) is 0.721. The molecular formula is C12H20N2. The summed E-state index contributed by atoms with van der Waals surface area (Å²) in [6.45, 7) is 7.60. The lowest BCUT2D eigenvalue weighted by Gasteiger charge is -2.19. The van der Waals surface area contributed by atoms with Gasteiger partial charge in [-0.15, -0.1) is 0 Å². The van der Waals surface area contributed by atoms with Crippen molar-refractivity contribution < 1.29 is 0 Å². The van der Waals surface area contributed by atoms with E-state index in [1.165, 1.54) is 6.42 Å². The molecule has 14 heavy (non-hydrogen) atoms. The minimum atomic E-state index is 0.557. The molecule has 0 aliphatic heterocycles. The molecular weight excluding hydrogens is 172 g/mol. The zero-order valence-electron chi connectivity index (χ0n) is 9.33. The first-order valence-electron chi connectivity index (χ1n) is 5.37. The summed E-state index contributed by atoms with van der Waals surface area (Å²) in [7, 11) is 0. The fourth-order valence-corrected chi connectivity index (χ4v) is 1.32. The van der Waals surface area contributed by atoms with E-state index < -0.39 is 0 Å². The van der Waals surface area contributed by atoms with Crippen molar-refractivity contribution in [3.63, 3.8) is 0 Å². The van der Waals surface area contributed by atoms with Gasteiger partial charge in [-0.3, -0.25) is 4.98 Å². The second kappa shape index (κ2) is 5.76. The van der Waals surface area contributed by atoms with Crippen molar-refractivity contribution >= 4 is 0 Å². The lowest BCUT2D eigenvalue weighted by molar-refractivity contribution is 0.388. The molecule has 0 bridgehead atoms. The first-order chi connectivity index (χ1) is 6.74. The maximum atomic E-state index is 4.27. The molecule has 1 rings (SSSR count). The van der Waals surface area contributed by atoms with Crippen LogP contribution in [0.2, 0.25) is 0 Å². The van der Waals surface area contributed by atoms with Gasteiger partial charge in [0.2, 0.25) is 0 Å². The van der Waals surface area contributed by atoms with Crippen LogP contribution in [-0.2, 0) is 6.54 Å². The van der Waals surface area contributed by atoms with E-state index in [4.69, 9.17) is 0 Å². The van der Waals surface area contributed by atoms with Gasteiger partial charge >= 0.3 is 0 Å². The first kappa shape index (κ1) is 11.2. The Kier molecular flexibility index (Phi) is 4.60. The van der Waals surface area contributed by atoms with Crippen LogP contribution in [0, 0.1) is 5.92 Å². The molecule has 0 fully saturated rings. The predicted octanol–water partition coefficient (Wildman–Crippen LogP) is 2.61. The average Bonchev–Trinajstić information content (AvgIpc) is 2.26. The van der Waals surface area contributed by atoms with Crippen molar-refractivity contribution in [2.75, 3.05) is 0 Å². The molecule has 1 heterocycles. The van der Waals surface area contributed by atoms with E-state index in [0.29, 0.717) is 6.04 Å². The zero-order chi connectivity index (χ0) is 10.4. The van der Waals surface area contributed by atoms with Crippen LogP contribution in [0.5, 0.6) is 0 Å². The van der Waals surface area contributed by atoms with Gasteiger partial charge in [-0.2, -0.15) is 0 Å². The number of nitrogens with one attached hydrogen (secondary N) is 1. The van der Waals surface area contributed by atoms with Gasteiger partial charge in [-0.25, -0.2) is 0 Å². The van der Waals surface area contributed by atoms with Gasteiger partial charge in [0.05, 0.1) is 5.69 Å². The minimum Gasteiger partial charge on any atom is -0.308 e. The molecule has 0 amide bonds. The quantitative estimate of drug-likeness (QED) is 0.775. The summed E-state index contributed by atoms with van der Waals surface area (Å²) >= 11 is 0. The highest BCUT2D eigenvalue weighted by Gasteiger charge is 2.08. The lowest BCUT2D eigenvalue weighted by atomic mass is 10.0. The molecule has 2 nitrogen and oxygen atoms in total. The Bertz CT molecular complexity index is 246. The first-order valence-corrected chi connectivity index (χ1v) is 5.37. The smallest absolute Gasteiger partial charge is 0.0541 e. The van der Waals surface area contributed by atoms with Crippen molar-refractivity contribution in [2.45, 2.75) is 39.8 Å². The van der Waals surface area contributed by atoms with E-state index in [1.54, 1.807) is 0 Å². The third-order valence-corrected chi connectivity index (χ3v) is 2.83. The van der Waals surface area contributed by atoms with Crippen LogP contribution >= 0.6 is 0 Å². The van der Waals surface area contributed by atoms with Crippen molar-refractivity contribution in [3.05, 3.63) is 30.1 Å². The molecule has 0 saturated heterocycles. The maximum Gasteiger partial charge on any atom is 0.0541 e. The van der Waals surface area contributed by atoms with Gasteiger partial charge in [0.1, 0.15) is 0 Å². The normalized spacial score (nSPS) is 15.1. The third kappa shape index (κ3) is 3.46. The molecule has 1 N–H and O–H groups in total. The van der Waals surface area contributed by atoms with Crippen molar-refractivity contribution in [3.8, 4) is 0 Å². The van der Waals surface area contributed by atoms with E-state index in [2.05, 4.69) is 37.1 Å². The largest absolute Gasteiger partial charge is 0.308 e. The summed E-state index contributed by atoms with van der Waals surface area (Å²) in [5, 5.41) is 3.49. The second-order valence-electron chi connectivity index (χ2n) is 3.88. The van der Waals surface area contributed by atoms with Crippen molar-refractivity contribution in [1.29, 1.82) is 0 Å². The van der Waals surface area contributed by atoms with E-state index in [0.717, 1.165) is 18.2 Å². The highest BCUT2D eigenvalue weighted by Crippen LogP contribution is 2.07. The Balaban J connectivity index is 2.34. The lowest BCUT2D eigenvalue weighted by Crippen LogP contribution is -2.31. The van der Waals surface area contributed by atoms with Gasteiger partial charge in [0.15, 0.2) is 0 Å². The number of rotatable bonds is 5. The molecule has 1 aromatic heterocycles. The topological polar surface area (TPSA) is 24.9 Å². The fraction of sp³-hybridized carbons (Fsp3) is 0.583. The van der Waals surface area contributed by atoms with Gasteiger partial charge in [0, 0.05) is 18.8 Å². The Morgan fingerprint density at radius 2 is 2.14 bits per heavy atom. The van der Waals surface area contributed by atoms with Crippen LogP contribution in [0.25, 0.3) is 0 Å². The van der Waals surface area contributed by atoms with E-state index in [9.17, 15) is 0 Å². The molecule has 0 aromatic carbocycles. The van der Waals surface area contributed by atoms with E-state index in [1.807, 2.05) is 18.3 Å². The number of pyridine rings is 1. The van der Waals surface area contributed by atoms with Crippen molar-refractivity contribution in [1.82, 2.24) is 10.3 Å². The number of aromatic nitrogens is 1. The second-order valence-corrected chi connectivity index (χ2v) is 3.88. The Morgan fingerprint density at radius 3 is 2.71 bits per heavy atom. The van der Waals surface area contributed by atoms with E-state index >= 15 is 0 Å². The van der Waals surface area contributed by atoms with Gasteiger partial charge in [-0.05, 0) is 25.0 Å². The molecule has 0 radical (unpaired) electrons. The summed E-state index contributed by atoms with van der Waals surface area (Å²) < 4.78 is 0. The number of nitrogens with zero attached hydrogens (tertiary/aromatic N) is 1. The standard InChI is InChI=1S/C12H20N2/c1-4-10(2)11(3)14-9-12-7-5-6-8-13-12/h5-8,10-11,14H,4,9H2,1-3H3/t10-,11-/m0/s1. The highest BCUT2D eigenvalue weighted by molar-refractivity contribution is 5.03. The SMILES string of the molecule is CC[C@H](C)[C@H](C)NCc1ccccn1. The highest BCUT2D eigenvalue weighted by atomic mass is 14.9. The molecule has 78 valence electrons. The molecule has 0 aliphatic rings. The molecule has 2 atom stereocenters. The Morgan fingerprint density at radius 1 is 1.36 bits per heavy atom. The summed E-state index contributed by atoms with van der Waals surface area (Å²) in [5.41, 5.74) is 1.11. The van der Waals surface area contributed by atoms with E-state index in [-0.39, 0.29) is 0 Å². The number of hydrogen-bond donors (Lipinski definition) is 1. The summed E-state index contributed by atoms with van der Waals surface area (Å²) in [4.78, 5) is 4.27. The Labute approximate surface area is 86.8 Å². The monoisotopic (exact) mass is 192 g/mol. The van der Waals surface area contributed by atoms with Gasteiger partial charge < -0.3 is 5.32 Å². The summed E-state index contributed by atoms with van der Waals surface area (Å²) in [6, 6.07) is 6.58. The van der Waals surface area contributed by atoms with Crippen LogP contribution in [0.4, 0.5) is 0 Å². The van der Waals surface area contributed by atoms with Gasteiger partial charge in [0.25, 0.3) is 0 Å². The van der Waals surface area contributed by atoms with Gasteiger partial charge in [-0.1, -0.05) is 26.3 Å². The zero-order valence-corrected chi connectivity index (χ0v) is 9.33. The average molecular weight is 192 g/mol. The number of hydrogen-bond acceptors (Lipinski definition) is 2. The van der Waals surface area contributed by atoms with Crippen LogP contribution in [0.3, 0.4) is 0 Å². The molecule has 1 aromatic rings. The Hall–Kier alpha value is -0.890. The third-order valence-electron chi connectivity index (χ3n) is 2.83. The van der Waals surface area contributed by atoms with Crippen LogP contribution < -0.4 is 5.32 Å².